The highest BCUT2D eigenvalue weighted by Crippen LogP contribution is 2.33. The molecule has 0 aromatic rings. The van der Waals surface area contributed by atoms with Crippen LogP contribution in [-0.4, -0.2) is 18.3 Å². The lowest BCUT2D eigenvalue weighted by molar-refractivity contribution is 0.320. The monoisotopic (exact) mass is 243 g/mol. The highest BCUT2D eigenvalue weighted by atomic mass is 32.2. The van der Waals surface area contributed by atoms with Crippen LogP contribution >= 0.6 is 0 Å². The first kappa shape index (κ1) is 13.3. The molecule has 1 aliphatic rings. The van der Waals surface area contributed by atoms with E-state index in [1.54, 1.807) is 6.20 Å². The fraction of sp³-hybridized carbons (Fsp3) is 0.667. The van der Waals surface area contributed by atoms with E-state index in [1.165, 1.54) is 9.71 Å². The molecule has 0 spiro atoms. The Balaban J connectivity index is 3.20. The second kappa shape index (κ2) is 3.62. The summed E-state index contributed by atoms with van der Waals surface area (Å²) < 4.78 is 25.6. The Kier molecular flexibility index (Phi) is 3.01. The van der Waals surface area contributed by atoms with Crippen LogP contribution in [0.1, 0.15) is 41.5 Å². The Hall–Kier alpha value is -0.770. The van der Waals surface area contributed by atoms with Crippen molar-refractivity contribution >= 4 is 10.0 Å². The van der Waals surface area contributed by atoms with E-state index in [-0.39, 0.29) is 5.41 Å². The van der Waals surface area contributed by atoms with Crippen molar-refractivity contribution in [2.75, 3.05) is 0 Å². The van der Waals surface area contributed by atoms with Gasteiger partial charge in [0, 0.05) is 11.7 Å². The summed E-state index contributed by atoms with van der Waals surface area (Å²) in [6.45, 7) is 11.7. The van der Waals surface area contributed by atoms with Crippen molar-refractivity contribution in [2.24, 2.45) is 5.41 Å². The third-order valence-corrected chi connectivity index (χ3v) is 4.24. The first-order valence-electron chi connectivity index (χ1n) is 5.39. The van der Waals surface area contributed by atoms with Gasteiger partial charge in [0.2, 0.25) is 0 Å². The zero-order valence-corrected chi connectivity index (χ0v) is 11.7. The van der Waals surface area contributed by atoms with E-state index in [4.69, 9.17) is 0 Å². The molecule has 0 unspecified atom stereocenters. The van der Waals surface area contributed by atoms with E-state index in [9.17, 15) is 8.42 Å². The van der Waals surface area contributed by atoms with E-state index in [1.807, 2.05) is 47.6 Å². The van der Waals surface area contributed by atoms with Gasteiger partial charge in [-0.25, -0.2) is 8.42 Å². The minimum atomic E-state index is -3.33. The van der Waals surface area contributed by atoms with Crippen LogP contribution in [0.15, 0.2) is 23.3 Å². The van der Waals surface area contributed by atoms with E-state index < -0.39 is 15.6 Å². The number of nitrogens with zero attached hydrogens (tertiary/aromatic N) is 1. The summed E-state index contributed by atoms with van der Waals surface area (Å²) in [5, 5.41) is 1.37. The van der Waals surface area contributed by atoms with Crippen LogP contribution in [0, 0.1) is 5.41 Å². The van der Waals surface area contributed by atoms with Gasteiger partial charge in [0.15, 0.2) is 0 Å². The van der Waals surface area contributed by atoms with Crippen molar-refractivity contribution in [2.45, 2.75) is 47.1 Å². The third kappa shape index (κ3) is 2.67. The Morgan fingerprint density at radius 1 is 1.06 bits per heavy atom. The quantitative estimate of drug-likeness (QED) is 0.656. The van der Waals surface area contributed by atoms with Crippen molar-refractivity contribution in [3.8, 4) is 0 Å². The lowest BCUT2D eigenvalue weighted by Gasteiger charge is -2.36. The molecule has 0 saturated carbocycles. The number of sulfonamides is 1. The average molecular weight is 243 g/mol. The van der Waals surface area contributed by atoms with Crippen LogP contribution in [0.2, 0.25) is 0 Å². The molecule has 16 heavy (non-hydrogen) atoms. The van der Waals surface area contributed by atoms with E-state index in [0.717, 1.165) is 5.57 Å². The summed E-state index contributed by atoms with van der Waals surface area (Å²) in [6, 6.07) is 0. The zero-order valence-electron chi connectivity index (χ0n) is 10.9. The Bertz CT molecular complexity index is 431. The SMILES string of the molecule is CC(C)(C)C1=CS(=O)(=O)N(C(C)(C)C)C=C1. The summed E-state index contributed by atoms with van der Waals surface area (Å²) >= 11 is 0. The normalized spacial score (nSPS) is 20.9. The van der Waals surface area contributed by atoms with Crippen molar-refractivity contribution < 1.29 is 8.42 Å². The van der Waals surface area contributed by atoms with Gasteiger partial charge in [-0.15, -0.1) is 0 Å². The van der Waals surface area contributed by atoms with Gasteiger partial charge in [-0.05, 0) is 37.8 Å². The van der Waals surface area contributed by atoms with Gasteiger partial charge in [0.25, 0.3) is 10.0 Å². The third-order valence-electron chi connectivity index (χ3n) is 2.47. The van der Waals surface area contributed by atoms with Gasteiger partial charge < -0.3 is 0 Å². The van der Waals surface area contributed by atoms with E-state index in [0.29, 0.717) is 0 Å². The molecule has 0 fully saturated rings. The van der Waals surface area contributed by atoms with Crippen molar-refractivity contribution in [3.63, 3.8) is 0 Å². The number of rotatable bonds is 0. The Morgan fingerprint density at radius 3 is 1.88 bits per heavy atom. The van der Waals surface area contributed by atoms with Crippen molar-refractivity contribution in [1.29, 1.82) is 0 Å². The Labute approximate surface area is 98.9 Å². The molecule has 0 aromatic carbocycles. The highest BCUT2D eigenvalue weighted by molar-refractivity contribution is 7.92. The minimum absolute atomic E-state index is 0.145. The molecule has 0 saturated heterocycles. The van der Waals surface area contributed by atoms with Crippen LogP contribution in [0.4, 0.5) is 0 Å². The maximum Gasteiger partial charge on any atom is 0.257 e. The lowest BCUT2D eigenvalue weighted by atomic mass is 9.87. The van der Waals surface area contributed by atoms with Crippen LogP contribution < -0.4 is 0 Å². The predicted octanol–water partition coefficient (Wildman–Crippen LogP) is 2.87. The maximum atomic E-state index is 12.1. The van der Waals surface area contributed by atoms with Crippen LogP contribution in [-0.2, 0) is 10.0 Å². The molecule has 0 aromatic heterocycles. The van der Waals surface area contributed by atoms with Gasteiger partial charge in [0.05, 0.1) is 5.41 Å². The van der Waals surface area contributed by atoms with Gasteiger partial charge in [-0.3, -0.25) is 4.31 Å². The van der Waals surface area contributed by atoms with Crippen LogP contribution in [0.5, 0.6) is 0 Å². The Morgan fingerprint density at radius 2 is 1.56 bits per heavy atom. The first-order valence-corrected chi connectivity index (χ1v) is 6.90. The first-order chi connectivity index (χ1) is 6.94. The standard InChI is InChI=1S/C12H21NO2S/c1-11(2,3)10-7-8-13(12(4,5)6)16(14,15)9-10/h7-9H,1-6H3. The molecule has 0 atom stereocenters. The molecular formula is C12H21NO2S. The predicted molar refractivity (Wildman–Crippen MR) is 67.2 cm³/mol. The molecule has 1 aliphatic heterocycles. The zero-order chi connectivity index (χ0) is 12.8. The minimum Gasteiger partial charge on any atom is -0.269 e. The second-order valence-corrected chi connectivity index (χ2v) is 7.81. The second-order valence-electron chi connectivity index (χ2n) is 6.15. The van der Waals surface area contributed by atoms with E-state index in [2.05, 4.69) is 0 Å². The molecule has 4 heteroatoms. The molecule has 0 aliphatic carbocycles. The summed E-state index contributed by atoms with van der Waals surface area (Å²) in [5.74, 6) is 0. The number of hydrogen-bond acceptors (Lipinski definition) is 2. The summed E-state index contributed by atoms with van der Waals surface area (Å²) in [4.78, 5) is 0. The maximum absolute atomic E-state index is 12.1. The number of hydrogen-bond donors (Lipinski definition) is 0. The van der Waals surface area contributed by atoms with Crippen LogP contribution in [0.3, 0.4) is 0 Å². The fourth-order valence-electron chi connectivity index (χ4n) is 1.52. The summed E-state index contributed by atoms with van der Waals surface area (Å²) in [7, 11) is -3.33. The summed E-state index contributed by atoms with van der Waals surface area (Å²) in [6.07, 6.45) is 3.54. The molecule has 3 nitrogen and oxygen atoms in total. The largest absolute Gasteiger partial charge is 0.269 e. The van der Waals surface area contributed by atoms with Gasteiger partial charge in [0.1, 0.15) is 0 Å². The molecule has 1 rings (SSSR count). The average Bonchev–Trinajstić information content (AvgIpc) is 1.97. The van der Waals surface area contributed by atoms with Crippen molar-refractivity contribution in [1.82, 2.24) is 4.31 Å². The molecule has 1 heterocycles. The molecule has 92 valence electrons. The highest BCUT2D eigenvalue weighted by Gasteiger charge is 2.32. The van der Waals surface area contributed by atoms with Gasteiger partial charge >= 0.3 is 0 Å². The smallest absolute Gasteiger partial charge is 0.257 e. The van der Waals surface area contributed by atoms with Gasteiger partial charge in [-0.2, -0.15) is 0 Å². The van der Waals surface area contributed by atoms with Crippen molar-refractivity contribution in [3.05, 3.63) is 23.3 Å². The molecule has 0 bridgehead atoms. The molecule has 0 N–H and O–H groups in total. The van der Waals surface area contributed by atoms with E-state index >= 15 is 0 Å². The molecular weight excluding hydrogens is 222 g/mol. The number of allylic oxidation sites excluding steroid dienone is 2. The summed E-state index contributed by atoms with van der Waals surface area (Å²) in [5.41, 5.74) is 0.274. The molecule has 0 amide bonds. The van der Waals surface area contributed by atoms with Crippen LogP contribution in [0.25, 0.3) is 0 Å². The molecule has 0 radical (unpaired) electrons. The fourth-order valence-corrected chi connectivity index (χ4v) is 3.38. The topological polar surface area (TPSA) is 37.4 Å². The lowest BCUT2D eigenvalue weighted by Crippen LogP contribution is -2.42. The van der Waals surface area contributed by atoms with Gasteiger partial charge in [-0.1, -0.05) is 20.8 Å².